The smallest absolute Gasteiger partial charge is 0.318 e. The molecule has 0 bridgehead atoms. The van der Waals surface area contributed by atoms with E-state index in [9.17, 15) is 14.4 Å². The molecule has 0 spiro atoms. The standard InChI is InChI=1S/C26H34O5/c1-4-6-7-8-9-10-11-12-14-21(27)23-24-20-17-30-19(13-5-2)15-18(20)16-22(28)26(24,3)31-25(23)29/h5,13,15-17,23-24H,4,6-12,14H2,1-3H3/b13-5+. The van der Waals surface area contributed by atoms with Crippen molar-refractivity contribution in [2.24, 2.45) is 11.8 Å². The highest BCUT2D eigenvalue weighted by molar-refractivity contribution is 6.09. The van der Waals surface area contributed by atoms with Gasteiger partial charge in [0, 0.05) is 12.0 Å². The molecule has 168 valence electrons. The third-order valence-electron chi connectivity index (χ3n) is 6.51. The Labute approximate surface area is 185 Å². The molecule has 3 atom stereocenters. The van der Waals surface area contributed by atoms with E-state index in [1.165, 1.54) is 38.2 Å². The largest absolute Gasteiger partial charge is 0.465 e. The maximum absolute atomic E-state index is 13.0. The van der Waals surface area contributed by atoms with Crippen LogP contribution in [0, 0.1) is 11.8 Å². The lowest BCUT2D eigenvalue weighted by molar-refractivity contribution is -0.156. The summed E-state index contributed by atoms with van der Waals surface area (Å²) in [7, 11) is 0. The predicted molar refractivity (Wildman–Crippen MR) is 119 cm³/mol. The number of carbonyl (C=O) groups is 3. The zero-order chi connectivity index (χ0) is 22.4. The van der Waals surface area contributed by atoms with Crippen molar-refractivity contribution in [3.05, 3.63) is 47.5 Å². The highest BCUT2D eigenvalue weighted by Crippen LogP contribution is 2.50. The number of ketones is 2. The van der Waals surface area contributed by atoms with Gasteiger partial charge in [-0.1, -0.05) is 57.9 Å². The molecule has 2 aliphatic heterocycles. The van der Waals surface area contributed by atoms with E-state index in [1.807, 2.05) is 13.0 Å². The number of Topliss-reactive ketones (excluding diaryl/α,β-unsaturated/α-hetero) is 1. The number of allylic oxidation sites excluding steroid dienone is 4. The second-order valence-electron chi connectivity index (χ2n) is 8.88. The molecule has 3 aliphatic rings. The Balaban J connectivity index is 1.66. The van der Waals surface area contributed by atoms with Crippen molar-refractivity contribution in [3.63, 3.8) is 0 Å². The second kappa shape index (κ2) is 10.3. The van der Waals surface area contributed by atoms with Crippen molar-refractivity contribution in [1.29, 1.82) is 0 Å². The van der Waals surface area contributed by atoms with Gasteiger partial charge in [0.1, 0.15) is 17.5 Å². The van der Waals surface area contributed by atoms with Gasteiger partial charge in [-0.2, -0.15) is 0 Å². The lowest BCUT2D eigenvalue weighted by Gasteiger charge is -2.35. The van der Waals surface area contributed by atoms with E-state index in [-0.39, 0.29) is 11.6 Å². The minimum atomic E-state index is -1.35. The van der Waals surface area contributed by atoms with E-state index >= 15 is 0 Å². The summed E-state index contributed by atoms with van der Waals surface area (Å²) in [5, 5.41) is 0. The van der Waals surface area contributed by atoms with Crippen LogP contribution in [0.2, 0.25) is 0 Å². The number of ether oxygens (including phenoxy) is 2. The summed E-state index contributed by atoms with van der Waals surface area (Å²) in [4.78, 5) is 38.6. The van der Waals surface area contributed by atoms with Gasteiger partial charge in [-0.3, -0.25) is 14.4 Å². The number of esters is 1. The minimum Gasteiger partial charge on any atom is -0.465 e. The van der Waals surface area contributed by atoms with E-state index < -0.39 is 23.4 Å². The first kappa shape index (κ1) is 23.2. The molecule has 1 aliphatic carbocycles. The summed E-state index contributed by atoms with van der Waals surface area (Å²) in [6.45, 7) is 5.70. The van der Waals surface area contributed by atoms with Crippen LogP contribution >= 0.6 is 0 Å². The first-order valence-corrected chi connectivity index (χ1v) is 11.7. The van der Waals surface area contributed by atoms with E-state index in [0.717, 1.165) is 19.3 Å². The maximum Gasteiger partial charge on any atom is 0.318 e. The summed E-state index contributed by atoms with van der Waals surface area (Å²) in [6.07, 6.45) is 17.9. The molecule has 3 unspecified atom stereocenters. The van der Waals surface area contributed by atoms with Crippen LogP contribution in [0.15, 0.2) is 47.5 Å². The third kappa shape index (κ3) is 4.91. The number of hydrogen-bond donors (Lipinski definition) is 0. The average Bonchev–Trinajstić information content (AvgIpc) is 3.02. The molecule has 5 heteroatoms. The van der Waals surface area contributed by atoms with E-state index in [2.05, 4.69) is 6.92 Å². The Morgan fingerprint density at radius 2 is 1.74 bits per heavy atom. The number of hydrogen-bond acceptors (Lipinski definition) is 5. The Morgan fingerprint density at radius 3 is 2.42 bits per heavy atom. The summed E-state index contributed by atoms with van der Waals surface area (Å²) < 4.78 is 11.2. The SMILES string of the molecule is C/C=C/C1=CC2=CC(=O)C3(C)OC(=O)C(C(=O)CCCCCCCCCC)C3C2=CO1. The predicted octanol–water partition coefficient (Wildman–Crippen LogP) is 5.52. The molecule has 0 N–H and O–H groups in total. The minimum absolute atomic E-state index is 0.136. The van der Waals surface area contributed by atoms with Gasteiger partial charge in [0.25, 0.3) is 0 Å². The topological polar surface area (TPSA) is 69.7 Å². The van der Waals surface area contributed by atoms with Gasteiger partial charge in [-0.15, -0.1) is 0 Å². The number of rotatable bonds is 11. The van der Waals surface area contributed by atoms with Crippen molar-refractivity contribution in [3.8, 4) is 0 Å². The van der Waals surface area contributed by atoms with Crippen molar-refractivity contribution in [2.75, 3.05) is 0 Å². The van der Waals surface area contributed by atoms with Gasteiger partial charge in [0.15, 0.2) is 11.4 Å². The molecule has 0 aromatic rings. The number of carbonyl (C=O) groups excluding carboxylic acids is 3. The molecular formula is C26H34O5. The first-order chi connectivity index (χ1) is 14.9. The molecule has 2 heterocycles. The highest BCUT2D eigenvalue weighted by atomic mass is 16.6. The van der Waals surface area contributed by atoms with Gasteiger partial charge in [0.05, 0.1) is 12.2 Å². The van der Waals surface area contributed by atoms with Crippen LogP contribution in [0.1, 0.15) is 78.6 Å². The van der Waals surface area contributed by atoms with Gasteiger partial charge in [0.2, 0.25) is 0 Å². The van der Waals surface area contributed by atoms with Crippen LogP contribution in [0.3, 0.4) is 0 Å². The van der Waals surface area contributed by atoms with Crippen LogP contribution in [-0.4, -0.2) is 23.1 Å². The molecule has 1 fully saturated rings. The molecule has 0 aromatic heterocycles. The highest BCUT2D eigenvalue weighted by Gasteiger charge is 2.62. The van der Waals surface area contributed by atoms with Crippen molar-refractivity contribution in [2.45, 2.75) is 84.2 Å². The quantitative estimate of drug-likeness (QED) is 0.247. The monoisotopic (exact) mass is 426 g/mol. The maximum atomic E-state index is 13.0. The van der Waals surface area contributed by atoms with Gasteiger partial charge >= 0.3 is 5.97 Å². The Bertz CT molecular complexity index is 844. The summed E-state index contributed by atoms with van der Waals surface area (Å²) >= 11 is 0. The van der Waals surface area contributed by atoms with E-state index in [4.69, 9.17) is 9.47 Å². The molecule has 0 aromatic carbocycles. The Kier molecular flexibility index (Phi) is 7.69. The van der Waals surface area contributed by atoms with E-state index in [0.29, 0.717) is 23.3 Å². The van der Waals surface area contributed by atoms with E-state index in [1.54, 1.807) is 25.3 Å². The average molecular weight is 427 g/mol. The molecular weight excluding hydrogens is 392 g/mol. The van der Waals surface area contributed by atoms with Crippen LogP contribution in [0.4, 0.5) is 0 Å². The first-order valence-electron chi connectivity index (χ1n) is 11.7. The lowest BCUT2D eigenvalue weighted by atomic mass is 9.67. The zero-order valence-corrected chi connectivity index (χ0v) is 18.9. The molecule has 0 amide bonds. The fraction of sp³-hybridized carbons (Fsp3) is 0.577. The fourth-order valence-corrected chi connectivity index (χ4v) is 4.76. The lowest BCUT2D eigenvalue weighted by Crippen LogP contribution is -2.46. The number of unbranched alkanes of at least 4 members (excludes halogenated alkanes) is 7. The molecule has 3 rings (SSSR count). The number of fused-ring (bicyclic) bond motifs is 3. The third-order valence-corrected chi connectivity index (χ3v) is 6.51. The second-order valence-corrected chi connectivity index (χ2v) is 8.88. The molecule has 0 saturated carbocycles. The van der Waals surface area contributed by atoms with Crippen molar-refractivity contribution in [1.82, 2.24) is 0 Å². The van der Waals surface area contributed by atoms with Crippen LogP contribution in [0.25, 0.3) is 0 Å². The molecule has 1 saturated heterocycles. The van der Waals surface area contributed by atoms with Gasteiger partial charge < -0.3 is 9.47 Å². The zero-order valence-electron chi connectivity index (χ0n) is 18.9. The van der Waals surface area contributed by atoms with Crippen LogP contribution in [-0.2, 0) is 23.9 Å². The van der Waals surface area contributed by atoms with Crippen molar-refractivity contribution < 1.29 is 23.9 Å². The Hall–Kier alpha value is -2.43. The van der Waals surface area contributed by atoms with Crippen molar-refractivity contribution >= 4 is 17.5 Å². The normalized spacial score (nSPS) is 27.1. The van der Waals surface area contributed by atoms with Gasteiger partial charge in [-0.25, -0.2) is 0 Å². The van der Waals surface area contributed by atoms with Crippen LogP contribution in [0.5, 0.6) is 0 Å². The van der Waals surface area contributed by atoms with Gasteiger partial charge in [-0.05, 0) is 44.1 Å². The molecule has 0 radical (unpaired) electrons. The Morgan fingerprint density at radius 1 is 1.06 bits per heavy atom. The summed E-state index contributed by atoms with van der Waals surface area (Å²) in [5.74, 6) is -1.99. The summed E-state index contributed by atoms with van der Waals surface area (Å²) in [5.41, 5.74) is 0.0342. The molecule has 31 heavy (non-hydrogen) atoms. The molecule has 5 nitrogen and oxygen atoms in total. The summed E-state index contributed by atoms with van der Waals surface area (Å²) in [6, 6.07) is 0. The fourth-order valence-electron chi connectivity index (χ4n) is 4.76. The van der Waals surface area contributed by atoms with Crippen LogP contribution < -0.4 is 0 Å².